The second kappa shape index (κ2) is 6.98. The zero-order valence-electron chi connectivity index (χ0n) is 13.2. The Hall–Kier alpha value is -2.44. The molecule has 24 heavy (non-hydrogen) atoms. The molecule has 0 spiro atoms. The summed E-state index contributed by atoms with van der Waals surface area (Å²) in [6, 6.07) is 8.74. The summed E-state index contributed by atoms with van der Waals surface area (Å²) in [5.41, 5.74) is 3.17. The van der Waals surface area contributed by atoms with Crippen LogP contribution in [0.1, 0.15) is 21.6 Å². The number of nitrogens with zero attached hydrogens (tertiary/aromatic N) is 3. The Morgan fingerprint density at radius 1 is 1.33 bits per heavy atom. The zero-order chi connectivity index (χ0) is 17.1. The molecule has 2 heterocycles. The number of halogens is 1. The van der Waals surface area contributed by atoms with Gasteiger partial charge in [0, 0.05) is 35.2 Å². The summed E-state index contributed by atoms with van der Waals surface area (Å²) >= 11 is 7.27. The van der Waals surface area contributed by atoms with Crippen molar-refractivity contribution in [1.82, 2.24) is 9.78 Å². The van der Waals surface area contributed by atoms with Crippen LogP contribution in [-0.4, -0.2) is 21.9 Å². The second-order valence-electron chi connectivity index (χ2n) is 5.17. The summed E-state index contributed by atoms with van der Waals surface area (Å²) in [5.74, 6) is -0.200. The van der Waals surface area contributed by atoms with Crippen LogP contribution < -0.4 is 5.32 Å². The number of hydrogen-bond donors (Lipinski definition) is 1. The largest absolute Gasteiger partial charge is 0.322 e. The van der Waals surface area contributed by atoms with Crippen molar-refractivity contribution in [3.05, 3.63) is 63.8 Å². The number of aryl methyl sites for hydroxylation is 1. The Bertz CT molecular complexity index is 896. The van der Waals surface area contributed by atoms with Gasteiger partial charge in [-0.3, -0.25) is 9.48 Å². The van der Waals surface area contributed by atoms with Crippen molar-refractivity contribution < 1.29 is 4.79 Å². The molecule has 122 valence electrons. The number of carbonyl (C=O) groups excluding carboxylic acids is 1. The molecule has 0 aliphatic heterocycles. The van der Waals surface area contributed by atoms with E-state index in [9.17, 15) is 4.79 Å². The Morgan fingerprint density at radius 2 is 2.08 bits per heavy atom. The average molecular weight is 359 g/mol. The molecule has 0 saturated heterocycles. The molecule has 1 aromatic carbocycles. The Kier molecular flexibility index (Phi) is 4.78. The number of hydrogen-bond acceptors (Lipinski definition) is 4. The highest BCUT2D eigenvalue weighted by Crippen LogP contribution is 2.27. The number of anilines is 1. The summed E-state index contributed by atoms with van der Waals surface area (Å²) in [5, 5.41) is 10.1. The second-order valence-corrected chi connectivity index (χ2v) is 6.50. The van der Waals surface area contributed by atoms with E-state index in [1.54, 1.807) is 47.4 Å². The first-order valence-electron chi connectivity index (χ1n) is 7.21. The van der Waals surface area contributed by atoms with Crippen LogP contribution in [0.3, 0.4) is 0 Å². The first kappa shape index (κ1) is 16.4. The van der Waals surface area contributed by atoms with Gasteiger partial charge in [0.05, 0.1) is 11.8 Å². The van der Waals surface area contributed by atoms with E-state index in [1.807, 2.05) is 19.4 Å². The van der Waals surface area contributed by atoms with Gasteiger partial charge < -0.3 is 5.32 Å². The first-order chi connectivity index (χ1) is 11.5. The SMILES string of the molecule is Cc1c(/C=N/c2sccc2C(=O)Nc2ccc(Cl)cc2)cnn1C. The standard InChI is InChI=1S/C17H15ClN4OS/c1-11-12(10-20-22(11)2)9-19-17-15(7-8-24-17)16(23)21-14-5-3-13(18)4-6-14/h3-10H,1-2H3,(H,21,23)/b19-9+. The maximum Gasteiger partial charge on any atom is 0.258 e. The van der Waals surface area contributed by atoms with Gasteiger partial charge in [-0.15, -0.1) is 11.3 Å². The molecule has 0 atom stereocenters. The maximum absolute atomic E-state index is 12.4. The van der Waals surface area contributed by atoms with Gasteiger partial charge >= 0.3 is 0 Å². The molecule has 0 radical (unpaired) electrons. The van der Waals surface area contributed by atoms with E-state index in [1.165, 1.54) is 11.3 Å². The number of amides is 1. The number of benzene rings is 1. The topological polar surface area (TPSA) is 59.3 Å². The van der Waals surface area contributed by atoms with E-state index in [4.69, 9.17) is 11.6 Å². The van der Waals surface area contributed by atoms with Crippen molar-refractivity contribution in [1.29, 1.82) is 0 Å². The normalized spacial score (nSPS) is 11.1. The molecular formula is C17H15ClN4OS. The molecule has 0 aliphatic carbocycles. The third kappa shape index (κ3) is 3.55. The maximum atomic E-state index is 12.4. The summed E-state index contributed by atoms with van der Waals surface area (Å²) in [6.45, 7) is 1.97. The molecule has 0 unspecified atom stereocenters. The summed E-state index contributed by atoms with van der Waals surface area (Å²) in [6.07, 6.45) is 3.48. The molecule has 1 N–H and O–H groups in total. The minimum absolute atomic E-state index is 0.200. The Labute approximate surface area is 148 Å². The quantitative estimate of drug-likeness (QED) is 0.700. The van der Waals surface area contributed by atoms with Crippen LogP contribution in [-0.2, 0) is 7.05 Å². The fourth-order valence-electron chi connectivity index (χ4n) is 2.08. The highest BCUT2D eigenvalue weighted by molar-refractivity contribution is 7.14. The fraction of sp³-hybridized carbons (Fsp3) is 0.118. The van der Waals surface area contributed by atoms with Crippen molar-refractivity contribution in [2.24, 2.45) is 12.0 Å². The minimum atomic E-state index is -0.200. The first-order valence-corrected chi connectivity index (χ1v) is 8.47. The van der Waals surface area contributed by atoms with Crippen LogP contribution in [0.5, 0.6) is 0 Å². The lowest BCUT2D eigenvalue weighted by Gasteiger charge is -2.04. The van der Waals surface area contributed by atoms with E-state index in [-0.39, 0.29) is 5.91 Å². The lowest BCUT2D eigenvalue weighted by molar-refractivity contribution is 0.102. The Balaban J connectivity index is 1.78. The van der Waals surface area contributed by atoms with Gasteiger partial charge in [-0.2, -0.15) is 5.10 Å². The molecule has 3 aromatic rings. The Morgan fingerprint density at radius 3 is 2.75 bits per heavy atom. The van der Waals surface area contributed by atoms with Gasteiger partial charge in [0.1, 0.15) is 5.00 Å². The molecule has 1 amide bonds. The summed E-state index contributed by atoms with van der Waals surface area (Å²) < 4.78 is 1.78. The van der Waals surface area contributed by atoms with Crippen LogP contribution >= 0.6 is 22.9 Å². The van der Waals surface area contributed by atoms with Crippen molar-refractivity contribution in [2.75, 3.05) is 5.32 Å². The predicted molar refractivity (Wildman–Crippen MR) is 98.9 cm³/mol. The smallest absolute Gasteiger partial charge is 0.258 e. The van der Waals surface area contributed by atoms with Crippen molar-refractivity contribution in [3.63, 3.8) is 0 Å². The van der Waals surface area contributed by atoms with E-state index in [0.29, 0.717) is 21.3 Å². The van der Waals surface area contributed by atoms with Crippen LogP contribution in [0.4, 0.5) is 10.7 Å². The molecule has 0 saturated carbocycles. The third-order valence-corrected chi connectivity index (χ3v) is 4.66. The lowest BCUT2D eigenvalue weighted by atomic mass is 10.2. The third-order valence-electron chi connectivity index (χ3n) is 3.59. The van der Waals surface area contributed by atoms with Crippen LogP contribution in [0.2, 0.25) is 5.02 Å². The minimum Gasteiger partial charge on any atom is -0.322 e. The predicted octanol–water partition coefficient (Wildman–Crippen LogP) is 4.45. The van der Waals surface area contributed by atoms with Gasteiger partial charge in [-0.05, 0) is 42.6 Å². The molecule has 2 aromatic heterocycles. The molecule has 0 fully saturated rings. The van der Waals surface area contributed by atoms with Crippen LogP contribution in [0.15, 0.2) is 46.9 Å². The number of carbonyl (C=O) groups is 1. The van der Waals surface area contributed by atoms with Crippen LogP contribution in [0.25, 0.3) is 0 Å². The monoisotopic (exact) mass is 358 g/mol. The number of aliphatic imine (C=N–C) groups is 1. The zero-order valence-corrected chi connectivity index (χ0v) is 14.7. The molecule has 5 nitrogen and oxygen atoms in total. The van der Waals surface area contributed by atoms with E-state index < -0.39 is 0 Å². The number of thiophene rings is 1. The molecule has 7 heteroatoms. The van der Waals surface area contributed by atoms with Gasteiger partial charge in [0.2, 0.25) is 0 Å². The highest BCUT2D eigenvalue weighted by atomic mass is 35.5. The van der Waals surface area contributed by atoms with Gasteiger partial charge in [0.25, 0.3) is 5.91 Å². The van der Waals surface area contributed by atoms with E-state index >= 15 is 0 Å². The average Bonchev–Trinajstić information content (AvgIpc) is 3.16. The molecule has 3 rings (SSSR count). The van der Waals surface area contributed by atoms with Crippen LogP contribution in [0, 0.1) is 6.92 Å². The highest BCUT2D eigenvalue weighted by Gasteiger charge is 2.13. The van der Waals surface area contributed by atoms with Gasteiger partial charge in [-0.25, -0.2) is 4.99 Å². The van der Waals surface area contributed by atoms with E-state index in [0.717, 1.165) is 11.3 Å². The fourth-order valence-corrected chi connectivity index (χ4v) is 2.94. The van der Waals surface area contributed by atoms with Crippen molar-refractivity contribution >= 4 is 45.7 Å². The number of rotatable bonds is 4. The summed E-state index contributed by atoms with van der Waals surface area (Å²) in [7, 11) is 1.88. The number of aromatic nitrogens is 2. The number of nitrogens with one attached hydrogen (secondary N) is 1. The van der Waals surface area contributed by atoms with Gasteiger partial charge in [-0.1, -0.05) is 11.6 Å². The summed E-state index contributed by atoms with van der Waals surface area (Å²) in [4.78, 5) is 16.9. The molecule has 0 aliphatic rings. The molecule has 0 bridgehead atoms. The van der Waals surface area contributed by atoms with E-state index in [2.05, 4.69) is 15.4 Å². The molecular weight excluding hydrogens is 344 g/mol. The van der Waals surface area contributed by atoms with Gasteiger partial charge in [0.15, 0.2) is 0 Å². The lowest BCUT2D eigenvalue weighted by Crippen LogP contribution is -2.10. The van der Waals surface area contributed by atoms with Crippen molar-refractivity contribution in [2.45, 2.75) is 6.92 Å². The van der Waals surface area contributed by atoms with Crippen molar-refractivity contribution in [3.8, 4) is 0 Å².